The smallest absolute Gasteiger partial charge is 0.314 e. The largest absolute Gasteiger partial charge is 0.495 e. The quantitative estimate of drug-likeness (QED) is 0.501. The second-order valence-electron chi connectivity index (χ2n) is 9.20. The Morgan fingerprint density at radius 1 is 1.20 bits per heavy atom. The van der Waals surface area contributed by atoms with Gasteiger partial charge < -0.3 is 14.7 Å². The van der Waals surface area contributed by atoms with Gasteiger partial charge in [-0.1, -0.05) is 29.3 Å². The predicted octanol–water partition coefficient (Wildman–Crippen LogP) is 5.28. The molecule has 2 heterocycles. The summed E-state index contributed by atoms with van der Waals surface area (Å²) in [5.74, 6) is -0.548. The first-order chi connectivity index (χ1) is 16.7. The number of fused-ring (bicyclic) bond motifs is 1. The van der Waals surface area contributed by atoms with Gasteiger partial charge >= 0.3 is 5.97 Å². The molecule has 0 bridgehead atoms. The minimum Gasteiger partial charge on any atom is -0.495 e. The van der Waals surface area contributed by atoms with Crippen LogP contribution in [0.15, 0.2) is 36.4 Å². The Labute approximate surface area is 213 Å². The number of methoxy groups -OCH3 is 1. The van der Waals surface area contributed by atoms with Crippen LogP contribution in [0.25, 0.3) is 11.3 Å². The highest BCUT2D eigenvalue weighted by Crippen LogP contribution is 2.50. The number of benzene rings is 2. The Morgan fingerprint density at radius 2 is 1.94 bits per heavy atom. The van der Waals surface area contributed by atoms with Crippen LogP contribution in [-0.4, -0.2) is 45.3 Å². The second kappa shape index (κ2) is 8.57. The number of carboxylic acid groups (broad SMARTS) is 1. The van der Waals surface area contributed by atoms with Crippen LogP contribution in [0, 0.1) is 0 Å². The van der Waals surface area contributed by atoms with Crippen LogP contribution < -0.4 is 4.74 Å². The zero-order valence-electron chi connectivity index (χ0n) is 19.6. The molecule has 1 amide bonds. The number of carbonyl (C=O) groups excluding carboxylic acids is 1. The molecule has 7 nitrogen and oxygen atoms in total. The van der Waals surface area contributed by atoms with Gasteiger partial charge in [0.25, 0.3) is 5.91 Å². The van der Waals surface area contributed by atoms with Crippen molar-refractivity contribution < 1.29 is 19.4 Å². The van der Waals surface area contributed by atoms with Crippen LogP contribution in [0.2, 0.25) is 10.0 Å². The molecule has 35 heavy (non-hydrogen) atoms. The first-order valence-electron chi connectivity index (χ1n) is 11.4. The van der Waals surface area contributed by atoms with E-state index in [9.17, 15) is 14.7 Å². The van der Waals surface area contributed by atoms with Crippen LogP contribution in [0.3, 0.4) is 0 Å². The molecule has 1 aromatic heterocycles. The van der Waals surface area contributed by atoms with Crippen LogP contribution in [0.4, 0.5) is 0 Å². The third-order valence-corrected chi connectivity index (χ3v) is 7.81. The van der Waals surface area contributed by atoms with Crippen molar-refractivity contribution in [2.75, 3.05) is 13.7 Å². The van der Waals surface area contributed by atoms with E-state index in [1.165, 1.54) is 7.11 Å². The maximum absolute atomic E-state index is 13.4. The summed E-state index contributed by atoms with van der Waals surface area (Å²) in [6.45, 7) is 2.44. The lowest BCUT2D eigenvalue weighted by atomic mass is 9.91. The average molecular weight is 514 g/mol. The van der Waals surface area contributed by atoms with Gasteiger partial charge in [0.1, 0.15) is 5.75 Å². The molecule has 0 saturated heterocycles. The molecule has 1 N–H and O–H groups in total. The summed E-state index contributed by atoms with van der Waals surface area (Å²) in [4.78, 5) is 27.1. The minimum atomic E-state index is -0.856. The van der Waals surface area contributed by atoms with Gasteiger partial charge in [-0.3, -0.25) is 14.3 Å². The second-order valence-corrected chi connectivity index (χ2v) is 10.0. The van der Waals surface area contributed by atoms with E-state index >= 15 is 0 Å². The molecular weight excluding hydrogens is 489 g/mol. The summed E-state index contributed by atoms with van der Waals surface area (Å²) in [6, 6.07) is 10.4. The van der Waals surface area contributed by atoms with Crippen LogP contribution in [0.1, 0.15) is 53.0 Å². The van der Waals surface area contributed by atoms with Crippen LogP contribution in [-0.2, 0) is 23.7 Å². The molecule has 1 fully saturated rings. The number of ether oxygens (including phenoxy) is 1. The maximum atomic E-state index is 13.4. The first-order valence-corrected chi connectivity index (χ1v) is 12.2. The Kier molecular flexibility index (Phi) is 5.80. The number of carbonyl (C=O) groups is 2. The summed E-state index contributed by atoms with van der Waals surface area (Å²) in [5.41, 5.74) is 3.82. The fourth-order valence-corrected chi connectivity index (χ4v) is 5.64. The minimum absolute atomic E-state index is 0.179. The third-order valence-electron chi connectivity index (χ3n) is 7.20. The van der Waals surface area contributed by atoms with Gasteiger partial charge in [-0.15, -0.1) is 0 Å². The molecule has 1 unspecified atom stereocenters. The lowest BCUT2D eigenvalue weighted by Gasteiger charge is -2.33. The predicted molar refractivity (Wildman–Crippen MR) is 133 cm³/mol. The average Bonchev–Trinajstić information content (AvgIpc) is 3.57. The van der Waals surface area contributed by atoms with Crippen molar-refractivity contribution in [3.8, 4) is 17.0 Å². The number of aliphatic carboxylic acids is 1. The van der Waals surface area contributed by atoms with E-state index in [0.29, 0.717) is 47.2 Å². The fraction of sp³-hybridized carbons (Fsp3) is 0.346. The number of hydrogen-bond donors (Lipinski definition) is 1. The fourth-order valence-electron chi connectivity index (χ4n) is 5.12. The summed E-state index contributed by atoms with van der Waals surface area (Å²) < 4.78 is 7.07. The first kappa shape index (κ1) is 23.7. The van der Waals surface area contributed by atoms with Crippen molar-refractivity contribution in [1.82, 2.24) is 14.7 Å². The molecule has 1 aliphatic heterocycles. The van der Waals surface area contributed by atoms with Gasteiger partial charge in [-0.25, -0.2) is 0 Å². The molecule has 0 radical (unpaired) electrons. The zero-order chi connectivity index (χ0) is 25.1. The van der Waals surface area contributed by atoms with Crippen molar-refractivity contribution in [2.24, 2.45) is 7.05 Å². The van der Waals surface area contributed by atoms with E-state index in [2.05, 4.69) is 0 Å². The van der Waals surface area contributed by atoms with Gasteiger partial charge in [0.15, 0.2) is 0 Å². The van der Waals surface area contributed by atoms with E-state index in [-0.39, 0.29) is 11.9 Å². The molecule has 0 spiro atoms. The molecule has 2 aliphatic rings. The van der Waals surface area contributed by atoms with E-state index in [1.54, 1.807) is 33.8 Å². The SMILES string of the molecule is COc1cccc(C(=O)N2CCc3c(nn(C)c3-c3cc(Cl)cc(C4(C(=O)O)CC4)c3)C2C)c1Cl. The Balaban J connectivity index is 1.52. The maximum Gasteiger partial charge on any atom is 0.314 e. The van der Waals surface area contributed by atoms with Crippen LogP contribution >= 0.6 is 23.2 Å². The molecule has 3 aromatic rings. The zero-order valence-corrected chi connectivity index (χ0v) is 21.2. The molecule has 2 aromatic carbocycles. The number of amides is 1. The van der Waals surface area contributed by atoms with Gasteiger partial charge in [-0.2, -0.15) is 5.10 Å². The molecule has 1 aliphatic carbocycles. The van der Waals surface area contributed by atoms with Gasteiger partial charge in [-0.05, 0) is 62.1 Å². The highest BCUT2D eigenvalue weighted by molar-refractivity contribution is 6.35. The van der Waals surface area contributed by atoms with E-state index in [1.807, 2.05) is 26.1 Å². The Hall–Kier alpha value is -3.03. The van der Waals surface area contributed by atoms with Gasteiger partial charge in [0.05, 0.1) is 40.5 Å². The highest BCUT2D eigenvalue weighted by Gasteiger charge is 2.52. The molecule has 1 atom stereocenters. The lowest BCUT2D eigenvalue weighted by molar-refractivity contribution is -0.140. The molecule has 5 rings (SSSR count). The van der Waals surface area contributed by atoms with E-state index in [0.717, 1.165) is 28.1 Å². The summed E-state index contributed by atoms with van der Waals surface area (Å²) in [6.07, 6.45) is 1.81. The number of aromatic nitrogens is 2. The number of hydrogen-bond acceptors (Lipinski definition) is 4. The molecular formula is C26H25Cl2N3O4. The molecule has 182 valence electrons. The topological polar surface area (TPSA) is 84.7 Å². The number of carboxylic acids is 1. The summed E-state index contributed by atoms with van der Waals surface area (Å²) in [5, 5.41) is 15.3. The van der Waals surface area contributed by atoms with Crippen LogP contribution in [0.5, 0.6) is 5.75 Å². The number of aryl methyl sites for hydroxylation is 1. The van der Waals surface area contributed by atoms with Gasteiger partial charge in [0, 0.05) is 29.7 Å². The van der Waals surface area contributed by atoms with E-state index < -0.39 is 11.4 Å². The standard InChI is InChI=1S/C26H25Cl2N3O4/c1-14-22-19(7-10-31(14)24(32)18-5-4-6-20(35-3)21(18)28)23(30(2)29-22)15-11-16(13-17(27)12-15)26(8-9-26)25(33)34/h4-6,11-14H,7-10H2,1-3H3,(H,33,34). The van der Waals surface area contributed by atoms with Crippen molar-refractivity contribution >= 4 is 35.1 Å². The highest BCUT2D eigenvalue weighted by atomic mass is 35.5. The normalized spacial score (nSPS) is 18.2. The number of halogens is 2. The Bertz CT molecular complexity index is 1360. The molecule has 1 saturated carbocycles. The Morgan fingerprint density at radius 3 is 2.60 bits per heavy atom. The van der Waals surface area contributed by atoms with Crippen molar-refractivity contribution in [3.63, 3.8) is 0 Å². The van der Waals surface area contributed by atoms with Crippen molar-refractivity contribution in [1.29, 1.82) is 0 Å². The third kappa shape index (κ3) is 3.78. The summed E-state index contributed by atoms with van der Waals surface area (Å²) in [7, 11) is 3.37. The molecule has 9 heteroatoms. The van der Waals surface area contributed by atoms with E-state index in [4.69, 9.17) is 33.0 Å². The monoisotopic (exact) mass is 513 g/mol. The van der Waals surface area contributed by atoms with Crippen molar-refractivity contribution in [3.05, 3.63) is 68.8 Å². The van der Waals surface area contributed by atoms with Crippen molar-refractivity contribution in [2.45, 2.75) is 37.6 Å². The van der Waals surface area contributed by atoms with Gasteiger partial charge in [0.2, 0.25) is 0 Å². The number of rotatable bonds is 5. The summed E-state index contributed by atoms with van der Waals surface area (Å²) >= 11 is 12.9. The number of nitrogens with zero attached hydrogens (tertiary/aromatic N) is 3. The lowest BCUT2D eigenvalue weighted by Crippen LogP contribution is -2.39.